The van der Waals surface area contributed by atoms with E-state index in [4.69, 9.17) is 0 Å². The number of rotatable bonds is 0. The van der Waals surface area contributed by atoms with Gasteiger partial charge in [0.25, 0.3) is 0 Å². The van der Waals surface area contributed by atoms with Gasteiger partial charge in [-0.25, -0.2) is 0 Å². The summed E-state index contributed by atoms with van der Waals surface area (Å²) in [5.74, 6) is 0.142. The molecule has 11 heavy (non-hydrogen) atoms. The van der Waals surface area contributed by atoms with Crippen molar-refractivity contribution in [2.45, 2.75) is 6.92 Å². The second-order valence-electron chi connectivity index (χ2n) is 2.53. The van der Waals surface area contributed by atoms with Gasteiger partial charge in [-0.05, 0) is 18.6 Å². The highest BCUT2D eigenvalue weighted by Crippen LogP contribution is 2.22. The lowest BCUT2D eigenvalue weighted by atomic mass is 10.2. The third-order valence-corrected chi connectivity index (χ3v) is 1.79. The monoisotopic (exact) mass is 148 g/mol. The van der Waals surface area contributed by atoms with Crippen LogP contribution in [0.1, 0.15) is 5.56 Å². The largest absolute Gasteiger partial charge is 0.493 e. The molecule has 0 radical (unpaired) electrons. The number of aromatic amines is 1. The number of nitrogens with zero attached hydrogens (tertiary/aromatic N) is 1. The minimum Gasteiger partial charge on any atom is -0.493 e. The summed E-state index contributed by atoms with van der Waals surface area (Å²) in [5, 5.41) is 10.2. The summed E-state index contributed by atoms with van der Waals surface area (Å²) in [6, 6.07) is 1.91. The smallest absolute Gasteiger partial charge is 0.215 e. The quantitative estimate of drug-likeness (QED) is 0.595. The number of H-pyrrole nitrogens is 1. The van der Waals surface area contributed by atoms with Gasteiger partial charge in [0, 0.05) is 17.8 Å². The van der Waals surface area contributed by atoms with Gasteiger partial charge >= 0.3 is 0 Å². The number of pyridine rings is 1. The first-order valence-corrected chi connectivity index (χ1v) is 3.40. The SMILES string of the molecule is Cc1ccnc2c(O)[nH]cc12. The first-order valence-electron chi connectivity index (χ1n) is 3.40. The fraction of sp³-hybridized carbons (Fsp3) is 0.125. The van der Waals surface area contributed by atoms with Gasteiger partial charge in [-0.1, -0.05) is 0 Å². The number of aromatic hydroxyl groups is 1. The molecule has 2 aromatic rings. The summed E-state index contributed by atoms with van der Waals surface area (Å²) in [6.07, 6.45) is 3.44. The highest BCUT2D eigenvalue weighted by molar-refractivity contribution is 5.85. The maximum absolute atomic E-state index is 9.22. The van der Waals surface area contributed by atoms with Crippen LogP contribution in [-0.2, 0) is 0 Å². The average Bonchev–Trinajstić information content (AvgIpc) is 2.35. The van der Waals surface area contributed by atoms with Crippen LogP contribution in [0, 0.1) is 6.92 Å². The zero-order chi connectivity index (χ0) is 7.84. The lowest BCUT2D eigenvalue weighted by molar-refractivity contribution is 0.461. The van der Waals surface area contributed by atoms with Crippen LogP contribution in [0.4, 0.5) is 0 Å². The van der Waals surface area contributed by atoms with Gasteiger partial charge in [0.05, 0.1) is 0 Å². The van der Waals surface area contributed by atoms with Crippen molar-refractivity contribution in [3.8, 4) is 5.88 Å². The number of fused-ring (bicyclic) bond motifs is 1. The molecule has 0 spiro atoms. The van der Waals surface area contributed by atoms with Gasteiger partial charge in [-0.3, -0.25) is 4.98 Å². The van der Waals surface area contributed by atoms with E-state index in [0.717, 1.165) is 10.9 Å². The van der Waals surface area contributed by atoms with E-state index in [1.165, 1.54) is 0 Å². The fourth-order valence-corrected chi connectivity index (χ4v) is 1.15. The Morgan fingerprint density at radius 3 is 3.09 bits per heavy atom. The molecule has 0 aliphatic carbocycles. The molecule has 2 N–H and O–H groups in total. The Morgan fingerprint density at radius 2 is 2.36 bits per heavy atom. The molecule has 56 valence electrons. The number of hydrogen-bond donors (Lipinski definition) is 2. The first kappa shape index (κ1) is 6.22. The maximum atomic E-state index is 9.22. The second kappa shape index (κ2) is 1.99. The summed E-state index contributed by atoms with van der Waals surface area (Å²) in [5.41, 5.74) is 1.76. The summed E-state index contributed by atoms with van der Waals surface area (Å²) in [7, 11) is 0. The Labute approximate surface area is 63.7 Å². The van der Waals surface area contributed by atoms with Crippen molar-refractivity contribution in [2.75, 3.05) is 0 Å². The van der Waals surface area contributed by atoms with E-state index in [2.05, 4.69) is 9.97 Å². The number of aryl methyl sites for hydroxylation is 1. The van der Waals surface area contributed by atoms with Crippen molar-refractivity contribution in [1.82, 2.24) is 9.97 Å². The average molecular weight is 148 g/mol. The normalized spacial score (nSPS) is 10.6. The van der Waals surface area contributed by atoms with E-state index in [1.54, 1.807) is 12.4 Å². The van der Waals surface area contributed by atoms with Crippen molar-refractivity contribution in [3.05, 3.63) is 24.0 Å². The molecular weight excluding hydrogens is 140 g/mol. The molecule has 2 aromatic heterocycles. The minimum absolute atomic E-state index is 0.142. The van der Waals surface area contributed by atoms with Crippen LogP contribution in [-0.4, -0.2) is 15.1 Å². The van der Waals surface area contributed by atoms with Crippen molar-refractivity contribution < 1.29 is 5.11 Å². The Kier molecular flexibility index (Phi) is 1.12. The van der Waals surface area contributed by atoms with Crippen LogP contribution < -0.4 is 0 Å². The Hall–Kier alpha value is -1.51. The Morgan fingerprint density at radius 1 is 1.55 bits per heavy atom. The zero-order valence-electron chi connectivity index (χ0n) is 6.13. The van der Waals surface area contributed by atoms with Crippen LogP contribution in [0.25, 0.3) is 10.9 Å². The van der Waals surface area contributed by atoms with Gasteiger partial charge in [0.1, 0.15) is 5.52 Å². The van der Waals surface area contributed by atoms with Crippen molar-refractivity contribution in [3.63, 3.8) is 0 Å². The highest BCUT2D eigenvalue weighted by Gasteiger charge is 2.03. The summed E-state index contributed by atoms with van der Waals surface area (Å²) < 4.78 is 0. The van der Waals surface area contributed by atoms with Gasteiger partial charge in [0.2, 0.25) is 5.88 Å². The third kappa shape index (κ3) is 0.774. The molecular formula is C8H8N2O. The van der Waals surface area contributed by atoms with Gasteiger partial charge in [-0.15, -0.1) is 0 Å². The van der Waals surface area contributed by atoms with Crippen molar-refractivity contribution in [2.24, 2.45) is 0 Å². The number of hydrogen-bond acceptors (Lipinski definition) is 2. The minimum atomic E-state index is 0.142. The summed E-state index contributed by atoms with van der Waals surface area (Å²) in [6.45, 7) is 1.98. The lowest BCUT2D eigenvalue weighted by Crippen LogP contribution is -1.76. The third-order valence-electron chi connectivity index (χ3n) is 1.79. The zero-order valence-corrected chi connectivity index (χ0v) is 6.13. The van der Waals surface area contributed by atoms with E-state index < -0.39 is 0 Å². The molecule has 0 atom stereocenters. The molecule has 0 amide bonds. The molecule has 0 aliphatic rings. The van der Waals surface area contributed by atoms with E-state index >= 15 is 0 Å². The van der Waals surface area contributed by atoms with Crippen LogP contribution in [0.3, 0.4) is 0 Å². The van der Waals surface area contributed by atoms with E-state index in [0.29, 0.717) is 5.52 Å². The lowest BCUT2D eigenvalue weighted by Gasteiger charge is -1.92. The second-order valence-corrected chi connectivity index (χ2v) is 2.53. The van der Waals surface area contributed by atoms with E-state index in [-0.39, 0.29) is 5.88 Å². The number of aromatic nitrogens is 2. The molecule has 0 aliphatic heterocycles. The molecule has 0 unspecified atom stereocenters. The highest BCUT2D eigenvalue weighted by atomic mass is 16.3. The standard InChI is InChI=1S/C8H8N2O/c1-5-2-3-9-7-6(5)4-10-8(7)11/h2-4,10-11H,1H3. The maximum Gasteiger partial charge on any atom is 0.215 e. The number of nitrogens with one attached hydrogen (secondary N) is 1. The predicted octanol–water partition coefficient (Wildman–Crippen LogP) is 1.58. The molecule has 3 heteroatoms. The van der Waals surface area contributed by atoms with Gasteiger partial charge in [-0.2, -0.15) is 0 Å². The molecule has 0 saturated carbocycles. The topological polar surface area (TPSA) is 48.9 Å². The summed E-state index contributed by atoms with van der Waals surface area (Å²) in [4.78, 5) is 6.73. The molecule has 0 aromatic carbocycles. The van der Waals surface area contributed by atoms with E-state index in [1.807, 2.05) is 13.0 Å². The van der Waals surface area contributed by atoms with Gasteiger partial charge in [0.15, 0.2) is 0 Å². The Balaban J connectivity index is 2.94. The van der Waals surface area contributed by atoms with Crippen LogP contribution in [0.5, 0.6) is 5.88 Å². The Bertz CT molecular complexity index is 392. The van der Waals surface area contributed by atoms with Crippen LogP contribution in [0.15, 0.2) is 18.5 Å². The molecule has 0 saturated heterocycles. The fourth-order valence-electron chi connectivity index (χ4n) is 1.15. The van der Waals surface area contributed by atoms with Crippen LogP contribution in [0.2, 0.25) is 0 Å². The van der Waals surface area contributed by atoms with Crippen molar-refractivity contribution >= 4 is 10.9 Å². The van der Waals surface area contributed by atoms with Crippen LogP contribution >= 0.6 is 0 Å². The molecule has 2 rings (SSSR count). The summed E-state index contributed by atoms with van der Waals surface area (Å²) >= 11 is 0. The molecule has 0 bridgehead atoms. The molecule has 2 heterocycles. The van der Waals surface area contributed by atoms with E-state index in [9.17, 15) is 5.11 Å². The first-order chi connectivity index (χ1) is 5.29. The van der Waals surface area contributed by atoms with Crippen molar-refractivity contribution in [1.29, 1.82) is 0 Å². The molecule has 0 fully saturated rings. The molecule has 3 nitrogen and oxygen atoms in total. The van der Waals surface area contributed by atoms with Gasteiger partial charge < -0.3 is 10.1 Å². The predicted molar refractivity (Wildman–Crippen MR) is 42.5 cm³/mol.